The first-order valence-electron chi connectivity index (χ1n) is 4.00. The number of hydrogen-bond acceptors (Lipinski definition) is 2. The number of carbonyl (C=O) groups is 1. The summed E-state index contributed by atoms with van der Waals surface area (Å²) in [4.78, 5) is 9.89. The summed E-state index contributed by atoms with van der Waals surface area (Å²) in [6.07, 6.45) is 1.44. The third-order valence-corrected chi connectivity index (χ3v) is 1.51. The zero-order valence-electron chi connectivity index (χ0n) is 7.81. The number of halogens is 1. The Morgan fingerprint density at radius 3 is 2.50 bits per heavy atom. The largest absolute Gasteiger partial charge is 1.00 e. The van der Waals surface area contributed by atoms with Gasteiger partial charge in [0.15, 0.2) is 0 Å². The van der Waals surface area contributed by atoms with E-state index in [9.17, 15) is 14.3 Å². The van der Waals surface area contributed by atoms with Crippen molar-refractivity contribution in [3.8, 4) is 0 Å². The summed E-state index contributed by atoms with van der Waals surface area (Å²) < 4.78 is 12.6. The van der Waals surface area contributed by atoms with Crippen molar-refractivity contribution in [3.05, 3.63) is 0 Å². The van der Waals surface area contributed by atoms with Crippen LogP contribution >= 0.6 is 0 Å². The van der Waals surface area contributed by atoms with Gasteiger partial charge in [0.2, 0.25) is 0 Å². The molecule has 0 aliphatic carbocycles. The Kier molecular flexibility index (Phi) is 13.1. The molecule has 1 unspecified atom stereocenters. The maximum Gasteiger partial charge on any atom is 1.00 e. The van der Waals surface area contributed by atoms with E-state index in [-0.39, 0.29) is 51.4 Å². The molecular weight excluding hydrogens is 186 g/mol. The molecule has 66 valence electrons. The average Bonchev–Trinajstić information content (AvgIpc) is 1.86. The van der Waals surface area contributed by atoms with Gasteiger partial charge in [-0.25, -0.2) is 4.39 Å². The second kappa shape index (κ2) is 10.1. The quantitative estimate of drug-likeness (QED) is 0.369. The summed E-state index contributed by atoms with van der Waals surface area (Å²) in [5.74, 6) is -1.30. The molecule has 0 aromatic heterocycles. The molecule has 0 aliphatic heterocycles. The Hall–Kier alpha value is 1.04. The molecule has 0 radical (unpaired) electrons. The van der Waals surface area contributed by atoms with E-state index < -0.39 is 18.6 Å². The predicted molar refractivity (Wildman–Crippen MR) is 38.7 cm³/mol. The van der Waals surface area contributed by atoms with Crippen molar-refractivity contribution in [2.75, 3.05) is 0 Å². The van der Waals surface area contributed by atoms with Crippen molar-refractivity contribution in [2.45, 2.75) is 45.2 Å². The van der Waals surface area contributed by atoms with Crippen LogP contribution in [0, 0.1) is 0 Å². The fraction of sp³-hybridized carbons (Fsp3) is 0.875. The minimum atomic E-state index is -1.30. The van der Waals surface area contributed by atoms with Gasteiger partial charge in [-0.15, -0.1) is 0 Å². The molecule has 0 heterocycles. The molecule has 0 aromatic carbocycles. The molecule has 0 N–H and O–H groups in total. The van der Waals surface area contributed by atoms with Gasteiger partial charge in [0.05, 0.1) is 0 Å². The molecular formula is C8H14FKO2. The maximum absolute atomic E-state index is 12.6. The number of unbranched alkanes of at least 4 members (excludes halogenated alkanes) is 2. The van der Waals surface area contributed by atoms with Gasteiger partial charge >= 0.3 is 51.4 Å². The Labute approximate surface area is 115 Å². The number of carboxylic acid groups (broad SMARTS) is 1. The fourth-order valence-corrected chi connectivity index (χ4v) is 0.899. The second-order valence-electron chi connectivity index (χ2n) is 2.67. The molecule has 0 rings (SSSR count). The van der Waals surface area contributed by atoms with Crippen molar-refractivity contribution in [2.24, 2.45) is 0 Å². The molecule has 4 heteroatoms. The molecule has 1 atom stereocenters. The maximum atomic E-state index is 12.6. The first-order valence-corrected chi connectivity index (χ1v) is 4.00. The van der Waals surface area contributed by atoms with Crippen LogP contribution in [0.1, 0.15) is 39.0 Å². The van der Waals surface area contributed by atoms with Gasteiger partial charge in [-0.3, -0.25) is 0 Å². The summed E-state index contributed by atoms with van der Waals surface area (Å²) in [5.41, 5.74) is 0. The number of aliphatic carboxylic acids is 1. The second-order valence-corrected chi connectivity index (χ2v) is 2.67. The molecule has 12 heavy (non-hydrogen) atoms. The van der Waals surface area contributed by atoms with Crippen molar-refractivity contribution in [1.82, 2.24) is 0 Å². The normalized spacial score (nSPS) is 11.8. The van der Waals surface area contributed by atoms with Crippen LogP contribution in [0.25, 0.3) is 0 Å². The Morgan fingerprint density at radius 1 is 1.50 bits per heavy atom. The van der Waals surface area contributed by atoms with Crippen molar-refractivity contribution < 1.29 is 65.7 Å². The standard InChI is InChI=1S/C8H15FO2.K/c1-2-3-4-5-7(9)6-8(10)11;/h7H,2-6H2,1H3,(H,10,11);/q;+1/p-1. The monoisotopic (exact) mass is 200 g/mol. The van der Waals surface area contributed by atoms with Crippen molar-refractivity contribution in [3.63, 3.8) is 0 Å². The van der Waals surface area contributed by atoms with Gasteiger partial charge in [0, 0.05) is 12.4 Å². The Morgan fingerprint density at radius 2 is 2.08 bits per heavy atom. The van der Waals surface area contributed by atoms with Gasteiger partial charge in [-0.2, -0.15) is 0 Å². The first-order chi connectivity index (χ1) is 5.16. The Balaban J connectivity index is 0. The van der Waals surface area contributed by atoms with Gasteiger partial charge < -0.3 is 9.90 Å². The Bertz CT molecular complexity index is 120. The van der Waals surface area contributed by atoms with Crippen LogP contribution in [0.3, 0.4) is 0 Å². The van der Waals surface area contributed by atoms with E-state index in [4.69, 9.17) is 0 Å². The summed E-state index contributed by atoms with van der Waals surface area (Å²) in [6, 6.07) is 0. The third-order valence-electron chi connectivity index (χ3n) is 1.51. The molecule has 2 nitrogen and oxygen atoms in total. The molecule has 0 aliphatic rings. The summed E-state index contributed by atoms with van der Waals surface area (Å²) in [6.45, 7) is 2.02. The number of rotatable bonds is 6. The molecule has 0 fully saturated rings. The van der Waals surface area contributed by atoms with Crippen LogP contribution in [-0.2, 0) is 4.79 Å². The van der Waals surface area contributed by atoms with Crippen LogP contribution in [0.4, 0.5) is 4.39 Å². The molecule has 0 saturated heterocycles. The predicted octanol–water partition coefficient (Wildman–Crippen LogP) is -1.95. The van der Waals surface area contributed by atoms with E-state index in [0.29, 0.717) is 6.42 Å². The van der Waals surface area contributed by atoms with E-state index in [1.165, 1.54) is 0 Å². The number of carbonyl (C=O) groups excluding carboxylic acids is 1. The van der Waals surface area contributed by atoms with Crippen LogP contribution in [0.2, 0.25) is 0 Å². The SMILES string of the molecule is CCCCCC(F)CC(=O)[O-].[K+]. The number of carboxylic acids is 1. The fourth-order valence-electron chi connectivity index (χ4n) is 0.899. The minimum absolute atomic E-state index is 0. The van der Waals surface area contributed by atoms with Crippen LogP contribution in [0.5, 0.6) is 0 Å². The number of alkyl halides is 1. The van der Waals surface area contributed by atoms with Gasteiger partial charge in [0.1, 0.15) is 6.17 Å². The first kappa shape index (κ1) is 15.5. The molecule has 0 bridgehead atoms. The zero-order chi connectivity index (χ0) is 8.69. The molecule has 0 saturated carbocycles. The van der Waals surface area contributed by atoms with Gasteiger partial charge in [-0.05, 0) is 6.42 Å². The van der Waals surface area contributed by atoms with Gasteiger partial charge in [-0.1, -0.05) is 26.2 Å². The molecule has 0 aromatic rings. The topological polar surface area (TPSA) is 40.1 Å². The molecule has 0 spiro atoms. The van der Waals surface area contributed by atoms with E-state index in [0.717, 1.165) is 19.3 Å². The minimum Gasteiger partial charge on any atom is -0.550 e. The third kappa shape index (κ3) is 11.0. The summed E-state index contributed by atoms with van der Waals surface area (Å²) >= 11 is 0. The van der Waals surface area contributed by atoms with Crippen molar-refractivity contribution in [1.29, 1.82) is 0 Å². The zero-order valence-corrected chi connectivity index (χ0v) is 10.9. The summed E-state index contributed by atoms with van der Waals surface area (Å²) in [5, 5.41) is 9.89. The van der Waals surface area contributed by atoms with Crippen LogP contribution in [0.15, 0.2) is 0 Å². The van der Waals surface area contributed by atoms with E-state index >= 15 is 0 Å². The van der Waals surface area contributed by atoms with Gasteiger partial charge in [0.25, 0.3) is 0 Å². The van der Waals surface area contributed by atoms with Crippen LogP contribution < -0.4 is 56.5 Å². The average molecular weight is 200 g/mol. The van der Waals surface area contributed by atoms with Crippen LogP contribution in [-0.4, -0.2) is 12.1 Å². The van der Waals surface area contributed by atoms with Crippen molar-refractivity contribution >= 4 is 5.97 Å². The molecule has 0 amide bonds. The van der Waals surface area contributed by atoms with E-state index in [1.807, 2.05) is 6.92 Å². The smallest absolute Gasteiger partial charge is 0.550 e. The van der Waals surface area contributed by atoms with E-state index in [2.05, 4.69) is 0 Å². The van der Waals surface area contributed by atoms with E-state index in [1.54, 1.807) is 0 Å². The number of hydrogen-bond donors (Lipinski definition) is 0. The summed E-state index contributed by atoms with van der Waals surface area (Å²) in [7, 11) is 0.